The summed E-state index contributed by atoms with van der Waals surface area (Å²) in [6.07, 6.45) is 0. The molecule has 0 amide bonds. The van der Waals surface area contributed by atoms with Gasteiger partial charge in [0.2, 0.25) is 0 Å². The first-order valence-electron chi connectivity index (χ1n) is 18.8. The van der Waals surface area contributed by atoms with Crippen molar-refractivity contribution in [3.05, 3.63) is 194 Å². The van der Waals surface area contributed by atoms with Crippen molar-refractivity contribution in [3.8, 4) is 62.1 Å². The molecule has 0 fully saturated rings. The minimum absolute atomic E-state index is 0.645. The lowest BCUT2D eigenvalue weighted by Gasteiger charge is -2.12. The van der Waals surface area contributed by atoms with Gasteiger partial charge in [-0.15, -0.1) is 11.3 Å². The predicted octanol–water partition coefficient (Wildman–Crippen LogP) is 13.7. The second-order valence-corrected chi connectivity index (χ2v) is 15.1. The number of rotatable bonds is 6. The molecule has 0 atom stereocenters. The Morgan fingerprint density at radius 3 is 1.46 bits per heavy atom. The van der Waals surface area contributed by atoms with Crippen LogP contribution in [0.3, 0.4) is 0 Å². The maximum atomic E-state index is 5.14. The van der Waals surface area contributed by atoms with E-state index in [4.69, 9.17) is 15.0 Å². The highest BCUT2D eigenvalue weighted by atomic mass is 32.1. The molecule has 11 rings (SSSR count). The largest absolute Gasteiger partial charge is 0.309 e. The Hall–Kier alpha value is -7.21. The van der Waals surface area contributed by atoms with Crippen LogP contribution < -0.4 is 0 Å². The lowest BCUT2D eigenvalue weighted by atomic mass is 9.95. The second kappa shape index (κ2) is 13.3. The zero-order valence-corrected chi connectivity index (χ0v) is 31.0. The summed E-state index contributed by atoms with van der Waals surface area (Å²) >= 11 is 1.81. The molecule has 0 saturated carbocycles. The molecule has 0 aliphatic heterocycles. The fraction of sp³-hybridized carbons (Fsp3) is 0. The molecule has 262 valence electrons. The van der Waals surface area contributed by atoms with Crippen molar-refractivity contribution in [2.45, 2.75) is 0 Å². The molecule has 0 spiro atoms. The monoisotopic (exact) mass is 732 g/mol. The van der Waals surface area contributed by atoms with Gasteiger partial charge in [0.15, 0.2) is 17.5 Å². The van der Waals surface area contributed by atoms with Crippen molar-refractivity contribution < 1.29 is 0 Å². The fourth-order valence-corrected chi connectivity index (χ4v) is 9.17. The molecule has 0 aliphatic carbocycles. The van der Waals surface area contributed by atoms with Crippen molar-refractivity contribution in [2.24, 2.45) is 0 Å². The first kappa shape index (κ1) is 32.2. The number of benzene rings is 8. The van der Waals surface area contributed by atoms with Crippen molar-refractivity contribution in [3.63, 3.8) is 0 Å². The molecular formula is C51H32N4S. The number of thiophene rings is 1. The van der Waals surface area contributed by atoms with Crippen LogP contribution in [0, 0.1) is 0 Å². The van der Waals surface area contributed by atoms with E-state index in [9.17, 15) is 0 Å². The number of aromatic nitrogens is 4. The number of para-hydroxylation sites is 1. The quantitative estimate of drug-likeness (QED) is 0.171. The summed E-state index contributed by atoms with van der Waals surface area (Å²) in [7, 11) is 0. The van der Waals surface area contributed by atoms with Crippen LogP contribution >= 0.6 is 11.3 Å². The molecule has 0 N–H and O–H groups in total. The van der Waals surface area contributed by atoms with Gasteiger partial charge in [-0.05, 0) is 64.7 Å². The van der Waals surface area contributed by atoms with Gasteiger partial charge in [-0.3, -0.25) is 0 Å². The highest BCUT2D eigenvalue weighted by Crippen LogP contribution is 2.44. The van der Waals surface area contributed by atoms with Crippen LogP contribution in [0.2, 0.25) is 0 Å². The average molecular weight is 733 g/mol. The molecule has 0 aliphatic rings. The molecule has 0 bridgehead atoms. The molecule has 3 heterocycles. The highest BCUT2D eigenvalue weighted by molar-refractivity contribution is 7.26. The molecule has 0 unspecified atom stereocenters. The van der Waals surface area contributed by atoms with Crippen LogP contribution in [0.1, 0.15) is 0 Å². The van der Waals surface area contributed by atoms with Gasteiger partial charge in [0, 0.05) is 53.3 Å². The zero-order valence-electron chi connectivity index (χ0n) is 30.2. The molecule has 0 radical (unpaired) electrons. The van der Waals surface area contributed by atoms with Gasteiger partial charge in [0.05, 0.1) is 11.0 Å². The smallest absolute Gasteiger partial charge is 0.164 e. The van der Waals surface area contributed by atoms with Gasteiger partial charge >= 0.3 is 0 Å². The third-order valence-corrected chi connectivity index (χ3v) is 11.8. The second-order valence-electron chi connectivity index (χ2n) is 14.0. The Morgan fingerprint density at radius 2 is 0.839 bits per heavy atom. The third-order valence-electron chi connectivity index (χ3n) is 10.6. The van der Waals surface area contributed by atoms with E-state index in [0.717, 1.165) is 39.0 Å². The van der Waals surface area contributed by atoms with E-state index in [1.807, 2.05) is 47.7 Å². The van der Waals surface area contributed by atoms with Crippen molar-refractivity contribution >= 4 is 53.3 Å². The van der Waals surface area contributed by atoms with Crippen LogP contribution in [-0.2, 0) is 0 Å². The van der Waals surface area contributed by atoms with Crippen LogP contribution in [0.25, 0.3) is 104 Å². The molecular weight excluding hydrogens is 701 g/mol. The summed E-state index contributed by atoms with van der Waals surface area (Å²) in [4.78, 5) is 15.3. The Labute approximate surface area is 327 Å². The lowest BCUT2D eigenvalue weighted by Crippen LogP contribution is -2.00. The third kappa shape index (κ3) is 5.48. The molecule has 5 heteroatoms. The standard InChI is InChI=1S/C51H32N4S/c1-5-15-33(16-6-1)36-25-27-40-41-28-26-37(31-45(41)55(44(40)30-36)39-21-11-4-12-22-39)43-29-38(32-47-48(43)42-23-13-14-24-46(42)56-47)51-53-49(34-17-7-2-8-18-34)52-50(54-51)35-19-9-3-10-20-35/h1-32H. The van der Waals surface area contributed by atoms with Gasteiger partial charge in [0.25, 0.3) is 0 Å². The Morgan fingerprint density at radius 1 is 0.339 bits per heavy atom. The Kier molecular flexibility index (Phi) is 7.64. The van der Waals surface area contributed by atoms with E-state index >= 15 is 0 Å². The minimum atomic E-state index is 0.645. The first-order valence-corrected chi connectivity index (χ1v) is 19.6. The van der Waals surface area contributed by atoms with Gasteiger partial charge in [0.1, 0.15) is 0 Å². The summed E-state index contributed by atoms with van der Waals surface area (Å²) in [5, 5.41) is 4.92. The van der Waals surface area contributed by atoms with Crippen LogP contribution in [0.15, 0.2) is 194 Å². The summed E-state index contributed by atoms with van der Waals surface area (Å²) < 4.78 is 4.86. The van der Waals surface area contributed by atoms with Gasteiger partial charge in [-0.25, -0.2) is 15.0 Å². The van der Waals surface area contributed by atoms with E-state index in [1.165, 1.54) is 47.6 Å². The van der Waals surface area contributed by atoms with Crippen LogP contribution in [0.5, 0.6) is 0 Å². The molecule has 0 saturated heterocycles. The van der Waals surface area contributed by atoms with Gasteiger partial charge < -0.3 is 4.57 Å². The van der Waals surface area contributed by atoms with Gasteiger partial charge in [-0.1, -0.05) is 152 Å². The zero-order chi connectivity index (χ0) is 37.0. The maximum Gasteiger partial charge on any atom is 0.164 e. The van der Waals surface area contributed by atoms with Crippen molar-refractivity contribution in [2.75, 3.05) is 0 Å². The predicted molar refractivity (Wildman–Crippen MR) is 234 cm³/mol. The molecule has 8 aromatic carbocycles. The topological polar surface area (TPSA) is 43.6 Å². The van der Waals surface area contributed by atoms with Crippen LogP contribution in [-0.4, -0.2) is 19.5 Å². The van der Waals surface area contributed by atoms with E-state index in [2.05, 4.69) is 162 Å². The maximum absolute atomic E-state index is 5.14. The fourth-order valence-electron chi connectivity index (χ4n) is 8.00. The number of hydrogen-bond acceptors (Lipinski definition) is 4. The van der Waals surface area contributed by atoms with Crippen molar-refractivity contribution in [1.29, 1.82) is 0 Å². The SMILES string of the molecule is c1ccc(-c2ccc3c4ccc(-c5cc(-c6nc(-c7ccccc7)nc(-c7ccccc7)n6)cc6sc7ccccc7c56)cc4n(-c4ccccc4)c3c2)cc1. The lowest BCUT2D eigenvalue weighted by molar-refractivity contribution is 1.07. The normalized spacial score (nSPS) is 11.6. The van der Waals surface area contributed by atoms with Crippen LogP contribution in [0.4, 0.5) is 0 Å². The summed E-state index contributed by atoms with van der Waals surface area (Å²) in [6, 6.07) is 68.7. The average Bonchev–Trinajstić information content (AvgIpc) is 3.82. The van der Waals surface area contributed by atoms with E-state index in [-0.39, 0.29) is 0 Å². The highest BCUT2D eigenvalue weighted by Gasteiger charge is 2.20. The molecule has 11 aromatic rings. The number of nitrogens with zero attached hydrogens (tertiary/aromatic N) is 4. The number of hydrogen-bond donors (Lipinski definition) is 0. The van der Waals surface area contributed by atoms with E-state index in [0.29, 0.717) is 17.5 Å². The summed E-state index contributed by atoms with van der Waals surface area (Å²) in [5.74, 6) is 1.94. The van der Waals surface area contributed by atoms with Crippen molar-refractivity contribution in [1.82, 2.24) is 19.5 Å². The summed E-state index contributed by atoms with van der Waals surface area (Å²) in [5.41, 5.74) is 11.0. The van der Waals surface area contributed by atoms with E-state index < -0.39 is 0 Å². The molecule has 3 aromatic heterocycles. The minimum Gasteiger partial charge on any atom is -0.309 e. The Bertz CT molecular complexity index is 3170. The summed E-state index contributed by atoms with van der Waals surface area (Å²) in [6.45, 7) is 0. The van der Waals surface area contributed by atoms with E-state index in [1.54, 1.807) is 0 Å². The van der Waals surface area contributed by atoms with Gasteiger partial charge in [-0.2, -0.15) is 0 Å². The molecule has 56 heavy (non-hydrogen) atoms. The Balaban J connectivity index is 1.17. The number of fused-ring (bicyclic) bond motifs is 6. The first-order chi connectivity index (χ1) is 27.7. The molecule has 4 nitrogen and oxygen atoms in total.